The molecule has 0 radical (unpaired) electrons. The van der Waals surface area contributed by atoms with E-state index in [4.69, 9.17) is 9.47 Å². The van der Waals surface area contributed by atoms with Gasteiger partial charge in [-0.15, -0.1) is 11.3 Å². The lowest BCUT2D eigenvalue weighted by Crippen LogP contribution is -2.50. The Bertz CT molecular complexity index is 897. The number of pyridine rings is 1. The molecule has 0 spiro atoms. The Kier molecular flexibility index (Phi) is 8.12. The molecule has 2 aromatic rings. The molecule has 0 aliphatic carbocycles. The van der Waals surface area contributed by atoms with Crippen LogP contribution in [0, 0.1) is 0 Å². The molecule has 1 fully saturated rings. The van der Waals surface area contributed by atoms with Crippen LogP contribution in [0.2, 0.25) is 0 Å². The van der Waals surface area contributed by atoms with Crippen LogP contribution in [0.4, 0.5) is 10.5 Å². The lowest BCUT2D eigenvalue weighted by Gasteiger charge is -2.36. The average Bonchev–Trinajstić information content (AvgIpc) is 3.23. The third-order valence-corrected chi connectivity index (χ3v) is 6.33. The summed E-state index contributed by atoms with van der Waals surface area (Å²) in [4.78, 5) is 33.4. The van der Waals surface area contributed by atoms with Crippen molar-refractivity contribution in [1.82, 2.24) is 9.88 Å². The van der Waals surface area contributed by atoms with Gasteiger partial charge in [0.15, 0.2) is 0 Å². The highest BCUT2D eigenvalue weighted by molar-refractivity contribution is 7.10. The standard InChI is InChI=1S/C24H33N3O4S/c1-24(2,3)31-23(29)27-13-11-26(12-14-27)20-8-7-19(25-16-20)6-5-18-15-21(32-17-18)9-10-22(28)30-4/h7-8,15-17H,5-6,9-14H2,1-4H3. The number of methoxy groups -OCH3 is 1. The second-order valence-electron chi connectivity index (χ2n) is 8.96. The number of esters is 1. The number of amides is 1. The van der Waals surface area contributed by atoms with Crippen molar-refractivity contribution in [2.24, 2.45) is 0 Å². The van der Waals surface area contributed by atoms with E-state index in [9.17, 15) is 9.59 Å². The molecule has 2 aromatic heterocycles. The van der Waals surface area contributed by atoms with Crippen LogP contribution in [0.1, 0.15) is 43.3 Å². The summed E-state index contributed by atoms with van der Waals surface area (Å²) in [6, 6.07) is 6.37. The van der Waals surface area contributed by atoms with Gasteiger partial charge in [0.2, 0.25) is 0 Å². The fourth-order valence-electron chi connectivity index (χ4n) is 3.51. The SMILES string of the molecule is COC(=O)CCc1cc(CCc2ccc(N3CCN(C(=O)OC(C)(C)C)CC3)cn2)cs1. The molecule has 0 bridgehead atoms. The van der Waals surface area contributed by atoms with Gasteiger partial charge in [0, 0.05) is 36.8 Å². The summed E-state index contributed by atoms with van der Waals surface area (Å²) in [6.07, 6.45) is 4.63. The minimum Gasteiger partial charge on any atom is -0.469 e. The number of thiophene rings is 1. The smallest absolute Gasteiger partial charge is 0.410 e. The predicted octanol–water partition coefficient (Wildman–Crippen LogP) is 4.09. The molecule has 32 heavy (non-hydrogen) atoms. The number of aromatic nitrogens is 1. The van der Waals surface area contributed by atoms with Crippen molar-refractivity contribution in [3.63, 3.8) is 0 Å². The van der Waals surface area contributed by atoms with E-state index in [-0.39, 0.29) is 12.1 Å². The maximum atomic E-state index is 12.2. The molecule has 0 saturated carbocycles. The highest BCUT2D eigenvalue weighted by Crippen LogP contribution is 2.20. The molecule has 0 atom stereocenters. The Morgan fingerprint density at radius 1 is 1.09 bits per heavy atom. The molecule has 0 aromatic carbocycles. The first-order valence-corrected chi connectivity index (χ1v) is 11.9. The van der Waals surface area contributed by atoms with Gasteiger partial charge < -0.3 is 19.3 Å². The molecule has 1 amide bonds. The van der Waals surface area contributed by atoms with Gasteiger partial charge in [-0.3, -0.25) is 9.78 Å². The molecule has 3 rings (SSSR count). The van der Waals surface area contributed by atoms with Crippen LogP contribution >= 0.6 is 11.3 Å². The van der Waals surface area contributed by atoms with Gasteiger partial charge in [0.25, 0.3) is 0 Å². The summed E-state index contributed by atoms with van der Waals surface area (Å²) in [5, 5.41) is 2.16. The monoisotopic (exact) mass is 459 g/mol. The first kappa shape index (κ1) is 24.0. The van der Waals surface area contributed by atoms with Crippen LogP contribution in [-0.2, 0) is 33.5 Å². The van der Waals surface area contributed by atoms with Crippen molar-refractivity contribution >= 4 is 29.1 Å². The first-order chi connectivity index (χ1) is 15.2. The first-order valence-electron chi connectivity index (χ1n) is 11.0. The van der Waals surface area contributed by atoms with E-state index in [2.05, 4.69) is 33.5 Å². The lowest BCUT2D eigenvalue weighted by molar-refractivity contribution is -0.140. The van der Waals surface area contributed by atoms with Crippen molar-refractivity contribution in [2.45, 2.75) is 52.1 Å². The third-order valence-electron chi connectivity index (χ3n) is 5.29. The van der Waals surface area contributed by atoms with Crippen LogP contribution in [0.3, 0.4) is 0 Å². The largest absolute Gasteiger partial charge is 0.469 e. The lowest BCUT2D eigenvalue weighted by atomic mass is 10.1. The Labute approximate surface area is 194 Å². The van der Waals surface area contributed by atoms with Gasteiger partial charge in [0.1, 0.15) is 5.60 Å². The molecule has 0 unspecified atom stereocenters. The van der Waals surface area contributed by atoms with Crippen molar-refractivity contribution in [2.75, 3.05) is 38.2 Å². The van der Waals surface area contributed by atoms with Crippen LogP contribution in [0.15, 0.2) is 29.8 Å². The van der Waals surface area contributed by atoms with Gasteiger partial charge in [-0.25, -0.2) is 4.79 Å². The molecular formula is C24H33N3O4S. The van der Waals surface area contributed by atoms with Crippen molar-refractivity contribution in [3.8, 4) is 0 Å². The number of nitrogens with zero attached hydrogens (tertiary/aromatic N) is 3. The van der Waals surface area contributed by atoms with Gasteiger partial charge >= 0.3 is 12.1 Å². The maximum Gasteiger partial charge on any atom is 0.410 e. The molecule has 7 nitrogen and oxygen atoms in total. The van der Waals surface area contributed by atoms with Gasteiger partial charge in [-0.2, -0.15) is 0 Å². The minimum atomic E-state index is -0.471. The van der Waals surface area contributed by atoms with Crippen molar-refractivity contribution in [3.05, 3.63) is 45.9 Å². The highest BCUT2D eigenvalue weighted by Gasteiger charge is 2.26. The zero-order chi connectivity index (χ0) is 23.1. The van der Waals surface area contributed by atoms with Crippen LogP contribution in [-0.4, -0.2) is 60.8 Å². The maximum absolute atomic E-state index is 12.2. The zero-order valence-electron chi connectivity index (χ0n) is 19.4. The number of ether oxygens (including phenoxy) is 2. The van der Waals surface area contributed by atoms with Gasteiger partial charge in [-0.05, 0) is 69.2 Å². The Morgan fingerprint density at radius 3 is 2.47 bits per heavy atom. The van der Waals surface area contributed by atoms with Crippen molar-refractivity contribution in [1.29, 1.82) is 0 Å². The average molecular weight is 460 g/mol. The second kappa shape index (κ2) is 10.8. The summed E-state index contributed by atoms with van der Waals surface area (Å²) < 4.78 is 10.2. The third kappa shape index (κ3) is 7.22. The number of rotatable bonds is 7. The van der Waals surface area contributed by atoms with Crippen LogP contribution < -0.4 is 4.90 Å². The molecular weight excluding hydrogens is 426 g/mol. The van der Waals surface area contributed by atoms with E-state index >= 15 is 0 Å². The summed E-state index contributed by atoms with van der Waals surface area (Å²) in [7, 11) is 1.42. The fourth-order valence-corrected chi connectivity index (χ4v) is 4.44. The summed E-state index contributed by atoms with van der Waals surface area (Å²) in [6.45, 7) is 8.48. The van der Waals surface area contributed by atoms with E-state index < -0.39 is 5.60 Å². The number of piperazine rings is 1. The Balaban J connectivity index is 1.44. The van der Waals surface area contributed by atoms with E-state index in [1.807, 2.05) is 27.0 Å². The van der Waals surface area contributed by atoms with E-state index in [1.54, 1.807) is 16.2 Å². The molecule has 0 N–H and O–H groups in total. The van der Waals surface area contributed by atoms with E-state index in [1.165, 1.54) is 17.6 Å². The molecule has 174 valence electrons. The zero-order valence-corrected chi connectivity index (χ0v) is 20.2. The molecule has 1 aliphatic rings. The number of aryl methyl sites for hydroxylation is 3. The summed E-state index contributed by atoms with van der Waals surface area (Å²) in [5.41, 5.74) is 2.95. The number of hydrogen-bond donors (Lipinski definition) is 0. The fraction of sp³-hybridized carbons (Fsp3) is 0.542. The molecule has 3 heterocycles. The predicted molar refractivity (Wildman–Crippen MR) is 126 cm³/mol. The summed E-state index contributed by atoms with van der Waals surface area (Å²) in [5.74, 6) is -0.171. The molecule has 1 saturated heterocycles. The number of carbonyl (C=O) groups is 2. The quantitative estimate of drug-likeness (QED) is 0.581. The highest BCUT2D eigenvalue weighted by atomic mass is 32.1. The van der Waals surface area contributed by atoms with E-state index in [0.717, 1.165) is 43.7 Å². The van der Waals surface area contributed by atoms with Crippen molar-refractivity contribution < 1.29 is 19.1 Å². The summed E-state index contributed by atoms with van der Waals surface area (Å²) >= 11 is 1.69. The Morgan fingerprint density at radius 2 is 1.84 bits per heavy atom. The van der Waals surface area contributed by atoms with E-state index in [0.29, 0.717) is 19.5 Å². The normalized spacial score (nSPS) is 14.4. The number of carbonyl (C=O) groups excluding carboxylic acids is 2. The van der Waals surface area contributed by atoms with Gasteiger partial charge in [-0.1, -0.05) is 0 Å². The van der Waals surface area contributed by atoms with Crippen LogP contribution in [0.25, 0.3) is 0 Å². The van der Waals surface area contributed by atoms with Gasteiger partial charge in [0.05, 0.1) is 25.4 Å². The van der Waals surface area contributed by atoms with Crippen LogP contribution in [0.5, 0.6) is 0 Å². The molecule has 8 heteroatoms. The molecule has 1 aliphatic heterocycles. The number of hydrogen-bond acceptors (Lipinski definition) is 7. The number of anilines is 1. The second-order valence-corrected chi connectivity index (χ2v) is 9.96. The topological polar surface area (TPSA) is 72.0 Å². The minimum absolute atomic E-state index is 0.171. The Hall–Kier alpha value is -2.61.